The Kier molecular flexibility index (Phi) is 4.53. The number of carbonyl (C=O) groups is 1. The van der Waals surface area contributed by atoms with E-state index < -0.39 is 5.97 Å². The number of hydrogen-bond donors (Lipinski definition) is 0. The highest BCUT2D eigenvalue weighted by Crippen LogP contribution is 2.25. The van der Waals surface area contributed by atoms with Crippen molar-refractivity contribution >= 4 is 5.97 Å². The maximum absolute atomic E-state index is 12.2. The van der Waals surface area contributed by atoms with E-state index in [0.29, 0.717) is 5.89 Å². The zero-order valence-corrected chi connectivity index (χ0v) is 12.5. The van der Waals surface area contributed by atoms with Crippen LogP contribution in [0, 0.1) is 0 Å². The Balaban J connectivity index is 1.69. The maximum Gasteiger partial charge on any atom is 0.360 e. The Bertz CT molecular complexity index is 623. The van der Waals surface area contributed by atoms with Crippen LogP contribution in [0.5, 0.6) is 0 Å². The molecular formula is C17H19NO4. The summed E-state index contributed by atoms with van der Waals surface area (Å²) in [5.74, 6) is -0.0423. The van der Waals surface area contributed by atoms with Gasteiger partial charge in [-0.05, 0) is 31.4 Å². The molecule has 5 nitrogen and oxygen atoms in total. The monoisotopic (exact) mass is 301 g/mol. The highest BCUT2D eigenvalue weighted by molar-refractivity contribution is 5.87. The summed E-state index contributed by atoms with van der Waals surface area (Å²) < 4.78 is 16.3. The number of ether oxygens (including phenoxy) is 2. The van der Waals surface area contributed by atoms with Crippen LogP contribution in [0.15, 0.2) is 41.0 Å². The van der Waals surface area contributed by atoms with Crippen LogP contribution >= 0.6 is 0 Å². The standard InChI is InChI=1S/C17H19NO4/c1-20-14-9-5-6-10-15(14)22-17(19)13-11-21-16(18-13)12-7-3-2-4-8-12/h2-4,7-8,11,14-15H,5-6,9-10H2,1H3. The van der Waals surface area contributed by atoms with E-state index in [1.165, 1.54) is 6.26 Å². The van der Waals surface area contributed by atoms with Gasteiger partial charge >= 0.3 is 5.97 Å². The van der Waals surface area contributed by atoms with Crippen LogP contribution in [0.2, 0.25) is 0 Å². The number of rotatable bonds is 4. The number of oxazole rings is 1. The van der Waals surface area contributed by atoms with Crippen molar-refractivity contribution in [3.05, 3.63) is 42.3 Å². The van der Waals surface area contributed by atoms with Gasteiger partial charge in [0.15, 0.2) is 5.69 Å². The van der Waals surface area contributed by atoms with Gasteiger partial charge in [-0.2, -0.15) is 0 Å². The third-order valence-electron chi connectivity index (χ3n) is 3.94. The molecule has 0 N–H and O–H groups in total. The minimum absolute atomic E-state index is 0.0294. The number of nitrogens with zero attached hydrogens (tertiary/aromatic N) is 1. The maximum atomic E-state index is 12.2. The zero-order valence-electron chi connectivity index (χ0n) is 12.5. The molecule has 2 aromatic rings. The van der Waals surface area contributed by atoms with Crippen LogP contribution in [0.1, 0.15) is 36.2 Å². The van der Waals surface area contributed by atoms with E-state index in [0.717, 1.165) is 31.2 Å². The molecule has 0 bridgehead atoms. The first-order valence-electron chi connectivity index (χ1n) is 7.52. The first kappa shape index (κ1) is 14.8. The third kappa shape index (κ3) is 3.20. The Morgan fingerprint density at radius 2 is 1.91 bits per heavy atom. The molecule has 1 heterocycles. The molecule has 1 aliphatic carbocycles. The molecule has 1 fully saturated rings. The van der Waals surface area contributed by atoms with Crippen LogP contribution in [-0.4, -0.2) is 30.3 Å². The van der Waals surface area contributed by atoms with Gasteiger partial charge in [0.05, 0.1) is 6.10 Å². The summed E-state index contributed by atoms with van der Waals surface area (Å²) in [5, 5.41) is 0. The zero-order chi connectivity index (χ0) is 15.4. The molecule has 0 radical (unpaired) electrons. The van der Waals surface area contributed by atoms with Gasteiger partial charge in [-0.3, -0.25) is 0 Å². The van der Waals surface area contributed by atoms with Gasteiger partial charge in [-0.25, -0.2) is 9.78 Å². The first-order valence-corrected chi connectivity index (χ1v) is 7.52. The molecule has 1 aromatic carbocycles. The van der Waals surface area contributed by atoms with Crippen LogP contribution < -0.4 is 0 Å². The molecule has 2 atom stereocenters. The summed E-state index contributed by atoms with van der Waals surface area (Å²) in [6.45, 7) is 0. The smallest absolute Gasteiger partial charge is 0.360 e. The lowest BCUT2D eigenvalue weighted by molar-refractivity contribution is -0.0542. The van der Waals surface area contributed by atoms with Gasteiger partial charge in [-0.1, -0.05) is 24.6 Å². The topological polar surface area (TPSA) is 61.6 Å². The SMILES string of the molecule is COC1CCCCC1OC(=O)c1coc(-c2ccccc2)n1. The second kappa shape index (κ2) is 6.75. The van der Waals surface area contributed by atoms with E-state index in [9.17, 15) is 4.79 Å². The molecule has 3 rings (SSSR count). The van der Waals surface area contributed by atoms with Gasteiger partial charge in [0, 0.05) is 12.7 Å². The van der Waals surface area contributed by atoms with Crippen LogP contribution in [-0.2, 0) is 9.47 Å². The van der Waals surface area contributed by atoms with E-state index >= 15 is 0 Å². The molecule has 1 aliphatic rings. The lowest BCUT2D eigenvalue weighted by Gasteiger charge is -2.29. The highest BCUT2D eigenvalue weighted by atomic mass is 16.6. The highest BCUT2D eigenvalue weighted by Gasteiger charge is 2.29. The number of carbonyl (C=O) groups excluding carboxylic acids is 1. The molecule has 22 heavy (non-hydrogen) atoms. The molecular weight excluding hydrogens is 282 g/mol. The largest absolute Gasteiger partial charge is 0.455 e. The lowest BCUT2D eigenvalue weighted by Crippen LogP contribution is -2.35. The second-order valence-electron chi connectivity index (χ2n) is 5.41. The van der Waals surface area contributed by atoms with Crippen molar-refractivity contribution in [1.29, 1.82) is 0 Å². The van der Waals surface area contributed by atoms with Crippen LogP contribution in [0.25, 0.3) is 11.5 Å². The van der Waals surface area contributed by atoms with Crippen molar-refractivity contribution in [2.24, 2.45) is 0 Å². The van der Waals surface area contributed by atoms with E-state index in [1.54, 1.807) is 7.11 Å². The molecule has 2 unspecified atom stereocenters. The Morgan fingerprint density at radius 3 is 2.64 bits per heavy atom. The Hall–Kier alpha value is -2.14. The summed E-state index contributed by atoms with van der Waals surface area (Å²) in [5.41, 5.74) is 1.02. The molecule has 0 saturated heterocycles. The lowest BCUT2D eigenvalue weighted by atomic mass is 9.94. The summed E-state index contributed by atoms with van der Waals surface area (Å²) in [4.78, 5) is 16.4. The minimum atomic E-state index is -0.458. The third-order valence-corrected chi connectivity index (χ3v) is 3.94. The molecule has 1 aromatic heterocycles. The fraction of sp³-hybridized carbons (Fsp3) is 0.412. The summed E-state index contributed by atoms with van der Waals surface area (Å²) in [7, 11) is 1.65. The summed E-state index contributed by atoms with van der Waals surface area (Å²) in [6.07, 6.45) is 5.01. The molecule has 0 aliphatic heterocycles. The predicted octanol–water partition coefficient (Wildman–Crippen LogP) is 3.46. The molecule has 0 spiro atoms. The van der Waals surface area contributed by atoms with Crippen molar-refractivity contribution in [3.8, 4) is 11.5 Å². The van der Waals surface area contributed by atoms with Crippen LogP contribution in [0.4, 0.5) is 0 Å². The molecule has 5 heteroatoms. The molecule has 0 amide bonds. The van der Waals surface area contributed by atoms with Gasteiger partial charge in [0.1, 0.15) is 12.4 Å². The fourth-order valence-electron chi connectivity index (χ4n) is 2.75. The Morgan fingerprint density at radius 1 is 1.18 bits per heavy atom. The summed E-state index contributed by atoms with van der Waals surface area (Å²) in [6, 6.07) is 9.45. The predicted molar refractivity (Wildman–Crippen MR) is 80.4 cm³/mol. The fourth-order valence-corrected chi connectivity index (χ4v) is 2.75. The normalized spacial score (nSPS) is 21.5. The Labute approximate surface area is 129 Å². The number of benzene rings is 1. The molecule has 116 valence electrons. The quantitative estimate of drug-likeness (QED) is 0.809. The first-order chi connectivity index (χ1) is 10.8. The van der Waals surface area contributed by atoms with E-state index in [2.05, 4.69) is 4.98 Å². The van der Waals surface area contributed by atoms with Gasteiger partial charge in [-0.15, -0.1) is 0 Å². The van der Waals surface area contributed by atoms with Gasteiger partial charge < -0.3 is 13.9 Å². The van der Waals surface area contributed by atoms with Crippen molar-refractivity contribution < 1.29 is 18.7 Å². The van der Waals surface area contributed by atoms with Crippen LogP contribution in [0.3, 0.4) is 0 Å². The number of aromatic nitrogens is 1. The van der Waals surface area contributed by atoms with E-state index in [4.69, 9.17) is 13.9 Å². The summed E-state index contributed by atoms with van der Waals surface area (Å²) >= 11 is 0. The average molecular weight is 301 g/mol. The number of methoxy groups -OCH3 is 1. The van der Waals surface area contributed by atoms with Crippen molar-refractivity contribution in [3.63, 3.8) is 0 Å². The van der Waals surface area contributed by atoms with Gasteiger partial charge in [0.2, 0.25) is 5.89 Å². The van der Waals surface area contributed by atoms with E-state index in [1.807, 2.05) is 30.3 Å². The number of esters is 1. The van der Waals surface area contributed by atoms with E-state index in [-0.39, 0.29) is 17.9 Å². The number of hydrogen-bond acceptors (Lipinski definition) is 5. The minimum Gasteiger partial charge on any atom is -0.455 e. The second-order valence-corrected chi connectivity index (χ2v) is 5.41. The van der Waals surface area contributed by atoms with Crippen molar-refractivity contribution in [2.75, 3.05) is 7.11 Å². The van der Waals surface area contributed by atoms with Crippen molar-refractivity contribution in [1.82, 2.24) is 4.98 Å². The average Bonchev–Trinajstić information content (AvgIpc) is 3.06. The van der Waals surface area contributed by atoms with Crippen molar-refractivity contribution in [2.45, 2.75) is 37.9 Å². The van der Waals surface area contributed by atoms with Gasteiger partial charge in [0.25, 0.3) is 0 Å². The molecule has 1 saturated carbocycles.